The highest BCUT2D eigenvalue weighted by Gasteiger charge is 2.18. The van der Waals surface area contributed by atoms with Crippen LogP contribution >= 0.6 is 0 Å². The van der Waals surface area contributed by atoms with Crippen molar-refractivity contribution in [2.24, 2.45) is 0 Å². The van der Waals surface area contributed by atoms with Gasteiger partial charge < -0.3 is 9.64 Å². The zero-order valence-electron chi connectivity index (χ0n) is 10.3. The third-order valence-corrected chi connectivity index (χ3v) is 2.89. The van der Waals surface area contributed by atoms with Crippen molar-refractivity contribution in [3.05, 3.63) is 35.9 Å². The Kier molecular flexibility index (Phi) is 3.47. The molecule has 0 N–H and O–H groups in total. The quantitative estimate of drug-likeness (QED) is 0.800. The minimum absolute atomic E-state index is 0.177. The number of carbonyl (C=O) groups excluding carboxylic acids is 1. The molecule has 17 heavy (non-hydrogen) atoms. The molecule has 3 heteroatoms. The molecule has 3 nitrogen and oxygen atoms in total. The second-order valence-electron chi connectivity index (χ2n) is 4.04. The van der Waals surface area contributed by atoms with Crippen molar-refractivity contribution in [1.29, 1.82) is 0 Å². The van der Waals surface area contributed by atoms with E-state index in [9.17, 15) is 4.79 Å². The van der Waals surface area contributed by atoms with Gasteiger partial charge in [-0.05, 0) is 43.2 Å². The summed E-state index contributed by atoms with van der Waals surface area (Å²) in [4.78, 5) is 13.3. The first kappa shape index (κ1) is 11.7. The summed E-state index contributed by atoms with van der Waals surface area (Å²) in [6.45, 7) is 2.63. The van der Waals surface area contributed by atoms with Gasteiger partial charge >= 0.3 is 0 Å². The van der Waals surface area contributed by atoms with E-state index >= 15 is 0 Å². The Morgan fingerprint density at radius 1 is 1.29 bits per heavy atom. The molecule has 0 atom stereocenters. The first-order valence-corrected chi connectivity index (χ1v) is 5.92. The summed E-state index contributed by atoms with van der Waals surface area (Å²) >= 11 is 0. The third-order valence-electron chi connectivity index (χ3n) is 2.89. The van der Waals surface area contributed by atoms with Crippen LogP contribution < -0.4 is 4.74 Å². The molecule has 0 saturated carbocycles. The number of rotatable bonds is 3. The van der Waals surface area contributed by atoms with Crippen molar-refractivity contribution < 1.29 is 9.53 Å². The third kappa shape index (κ3) is 2.49. The molecule has 0 spiro atoms. The van der Waals surface area contributed by atoms with E-state index in [-0.39, 0.29) is 5.91 Å². The number of ether oxygens (including phenoxy) is 1. The molecule has 0 aliphatic carbocycles. The van der Waals surface area contributed by atoms with E-state index in [4.69, 9.17) is 4.74 Å². The van der Waals surface area contributed by atoms with Gasteiger partial charge in [-0.25, -0.2) is 0 Å². The lowest BCUT2D eigenvalue weighted by Crippen LogP contribution is -2.27. The van der Waals surface area contributed by atoms with Gasteiger partial charge in [-0.1, -0.05) is 6.08 Å². The molecule has 0 fully saturated rings. The van der Waals surface area contributed by atoms with E-state index in [1.807, 2.05) is 38.2 Å². The highest BCUT2D eigenvalue weighted by Crippen LogP contribution is 2.25. The molecule has 0 saturated heterocycles. The van der Waals surface area contributed by atoms with Gasteiger partial charge in [-0.3, -0.25) is 4.79 Å². The second kappa shape index (κ2) is 5.04. The van der Waals surface area contributed by atoms with E-state index < -0.39 is 0 Å². The van der Waals surface area contributed by atoms with Crippen LogP contribution in [-0.2, 0) is 4.79 Å². The van der Waals surface area contributed by atoms with Gasteiger partial charge in [0, 0.05) is 19.2 Å². The van der Waals surface area contributed by atoms with Crippen molar-refractivity contribution in [3.63, 3.8) is 0 Å². The lowest BCUT2D eigenvalue weighted by atomic mass is 10.1. The molecule has 1 aromatic carbocycles. The van der Waals surface area contributed by atoms with Crippen LogP contribution in [0.2, 0.25) is 0 Å². The van der Waals surface area contributed by atoms with Crippen LogP contribution in [0, 0.1) is 0 Å². The Balaban J connectivity index is 2.22. The molecule has 1 aromatic rings. The molecule has 1 aliphatic rings. The van der Waals surface area contributed by atoms with Crippen molar-refractivity contribution >= 4 is 11.6 Å². The number of hydrogen-bond acceptors (Lipinski definition) is 2. The summed E-state index contributed by atoms with van der Waals surface area (Å²) in [6.07, 6.45) is 3.54. The molecule has 2 rings (SSSR count). The first-order chi connectivity index (χ1) is 8.22. The number of nitrogens with zero attached hydrogens (tertiary/aromatic N) is 1. The van der Waals surface area contributed by atoms with Gasteiger partial charge in [0.15, 0.2) is 0 Å². The number of amides is 1. The maximum atomic E-state index is 11.6. The predicted octanol–water partition coefficient (Wildman–Crippen LogP) is 2.68. The topological polar surface area (TPSA) is 29.5 Å². The Morgan fingerprint density at radius 2 is 2.00 bits per heavy atom. The Morgan fingerprint density at radius 3 is 2.65 bits per heavy atom. The van der Waals surface area contributed by atoms with Crippen LogP contribution in [0.25, 0.3) is 5.70 Å². The molecule has 0 radical (unpaired) electrons. The van der Waals surface area contributed by atoms with Crippen LogP contribution in [0.15, 0.2) is 30.3 Å². The average Bonchev–Trinajstić information content (AvgIpc) is 2.34. The Labute approximate surface area is 102 Å². The van der Waals surface area contributed by atoms with E-state index in [0.29, 0.717) is 13.0 Å². The van der Waals surface area contributed by atoms with Crippen molar-refractivity contribution in [3.8, 4) is 5.75 Å². The first-order valence-electron chi connectivity index (χ1n) is 5.92. The summed E-state index contributed by atoms with van der Waals surface area (Å²) in [6, 6.07) is 7.86. The normalized spacial score (nSPS) is 15.8. The van der Waals surface area contributed by atoms with Crippen LogP contribution in [0.1, 0.15) is 25.3 Å². The van der Waals surface area contributed by atoms with Crippen molar-refractivity contribution in [2.45, 2.75) is 19.8 Å². The zero-order valence-corrected chi connectivity index (χ0v) is 10.3. The van der Waals surface area contributed by atoms with Crippen LogP contribution in [0.5, 0.6) is 5.75 Å². The van der Waals surface area contributed by atoms with Crippen LogP contribution in [-0.4, -0.2) is 24.5 Å². The van der Waals surface area contributed by atoms with Crippen LogP contribution in [0.4, 0.5) is 0 Å². The molecule has 90 valence electrons. The maximum absolute atomic E-state index is 11.6. The number of carbonyl (C=O) groups is 1. The molecule has 0 unspecified atom stereocenters. The Hall–Kier alpha value is -1.77. The average molecular weight is 231 g/mol. The minimum atomic E-state index is 0.177. The second-order valence-corrected chi connectivity index (χ2v) is 4.04. The zero-order chi connectivity index (χ0) is 12.3. The highest BCUT2D eigenvalue weighted by atomic mass is 16.5. The lowest BCUT2D eigenvalue weighted by molar-refractivity contribution is -0.127. The van der Waals surface area contributed by atoms with Gasteiger partial charge in [0.05, 0.1) is 6.61 Å². The van der Waals surface area contributed by atoms with Gasteiger partial charge in [-0.15, -0.1) is 0 Å². The molecule has 0 bridgehead atoms. The van der Waals surface area contributed by atoms with E-state index in [0.717, 1.165) is 23.4 Å². The minimum Gasteiger partial charge on any atom is -0.494 e. The van der Waals surface area contributed by atoms with Gasteiger partial charge in [0.25, 0.3) is 0 Å². The summed E-state index contributed by atoms with van der Waals surface area (Å²) in [5.41, 5.74) is 2.05. The SMILES string of the molecule is CCOc1ccc(C2=CCCC(=O)N2C)cc1. The summed E-state index contributed by atoms with van der Waals surface area (Å²) < 4.78 is 5.40. The Bertz CT molecular complexity index is 434. The summed E-state index contributed by atoms with van der Waals surface area (Å²) in [5, 5.41) is 0. The number of allylic oxidation sites excluding steroid dienone is 1. The van der Waals surface area contributed by atoms with E-state index in [2.05, 4.69) is 6.08 Å². The fourth-order valence-electron chi connectivity index (χ4n) is 1.97. The lowest BCUT2D eigenvalue weighted by Gasteiger charge is -2.24. The molecule has 1 heterocycles. The summed E-state index contributed by atoms with van der Waals surface area (Å²) in [5.74, 6) is 1.04. The standard InChI is InChI=1S/C14H17NO2/c1-3-17-12-9-7-11(8-10-12)13-5-4-6-14(16)15(13)2/h5,7-10H,3-4,6H2,1-2H3. The van der Waals surface area contributed by atoms with Crippen molar-refractivity contribution in [1.82, 2.24) is 4.90 Å². The monoisotopic (exact) mass is 231 g/mol. The molecule has 1 aliphatic heterocycles. The van der Waals surface area contributed by atoms with Gasteiger partial charge in [0.1, 0.15) is 5.75 Å². The smallest absolute Gasteiger partial charge is 0.227 e. The molecule has 1 amide bonds. The molecular formula is C14H17NO2. The van der Waals surface area contributed by atoms with Crippen LogP contribution in [0.3, 0.4) is 0 Å². The van der Waals surface area contributed by atoms with E-state index in [1.165, 1.54) is 0 Å². The predicted molar refractivity (Wildman–Crippen MR) is 67.6 cm³/mol. The summed E-state index contributed by atoms with van der Waals surface area (Å²) in [7, 11) is 1.82. The fourth-order valence-corrected chi connectivity index (χ4v) is 1.97. The van der Waals surface area contributed by atoms with Gasteiger partial charge in [0.2, 0.25) is 5.91 Å². The maximum Gasteiger partial charge on any atom is 0.227 e. The van der Waals surface area contributed by atoms with E-state index in [1.54, 1.807) is 4.90 Å². The van der Waals surface area contributed by atoms with Gasteiger partial charge in [-0.2, -0.15) is 0 Å². The molecular weight excluding hydrogens is 214 g/mol. The van der Waals surface area contributed by atoms with Crippen molar-refractivity contribution in [2.75, 3.05) is 13.7 Å². The fraction of sp³-hybridized carbons (Fsp3) is 0.357. The molecule has 0 aromatic heterocycles. The number of hydrogen-bond donors (Lipinski definition) is 0. The number of benzene rings is 1. The largest absolute Gasteiger partial charge is 0.494 e. The highest BCUT2D eigenvalue weighted by molar-refractivity contribution is 5.88.